The van der Waals surface area contributed by atoms with Crippen LogP contribution in [-0.4, -0.2) is 67.3 Å². The van der Waals surface area contributed by atoms with Gasteiger partial charge in [0.1, 0.15) is 10.3 Å². The van der Waals surface area contributed by atoms with Crippen LogP contribution >= 0.6 is 34.3 Å². The molecule has 1 aromatic carbocycles. The molecule has 7 nitrogen and oxygen atoms in total. The molecule has 0 N–H and O–H groups in total. The summed E-state index contributed by atoms with van der Waals surface area (Å²) in [5.74, 6) is -0.209. The highest BCUT2D eigenvalue weighted by Gasteiger charge is 2.41. The van der Waals surface area contributed by atoms with Crippen molar-refractivity contribution >= 4 is 65.6 Å². The first-order valence-electron chi connectivity index (χ1n) is 11.9. The van der Waals surface area contributed by atoms with Gasteiger partial charge in [0.05, 0.1) is 14.6 Å². The van der Waals surface area contributed by atoms with E-state index in [1.54, 1.807) is 11.0 Å². The van der Waals surface area contributed by atoms with Gasteiger partial charge in [-0.05, 0) is 56.6 Å². The summed E-state index contributed by atoms with van der Waals surface area (Å²) >= 11 is 8.54. The summed E-state index contributed by atoms with van der Waals surface area (Å²) in [5.41, 5.74) is 1.94. The van der Waals surface area contributed by atoms with Crippen LogP contribution in [0.3, 0.4) is 0 Å². The van der Waals surface area contributed by atoms with Crippen molar-refractivity contribution in [3.8, 4) is 0 Å². The molecule has 0 saturated carbocycles. The average Bonchev–Trinajstić information content (AvgIpc) is 3.49. The van der Waals surface area contributed by atoms with Gasteiger partial charge in [-0.2, -0.15) is 4.31 Å². The Morgan fingerprint density at radius 2 is 1.91 bits per heavy atom. The molecule has 35 heavy (non-hydrogen) atoms. The first kappa shape index (κ1) is 26.5. The number of halogens is 1. The SMILES string of the molecule is CCN(CC)CCN(C(=O)C1CCCCN1S(=O)(=O)c1ccc(Cl)s1)c1nc2c(C)cccc2s1. The maximum absolute atomic E-state index is 14.1. The van der Waals surface area contributed by atoms with Gasteiger partial charge in [0.2, 0.25) is 5.91 Å². The second-order valence-electron chi connectivity index (χ2n) is 8.62. The highest BCUT2D eigenvalue weighted by molar-refractivity contribution is 7.91. The lowest BCUT2D eigenvalue weighted by atomic mass is 10.0. The number of aromatic nitrogens is 1. The minimum atomic E-state index is -3.83. The number of amides is 1. The maximum atomic E-state index is 14.1. The van der Waals surface area contributed by atoms with Crippen LogP contribution in [-0.2, 0) is 14.8 Å². The van der Waals surface area contributed by atoms with E-state index in [2.05, 4.69) is 18.7 Å². The number of aryl methyl sites for hydroxylation is 1. The summed E-state index contributed by atoms with van der Waals surface area (Å²) in [6, 6.07) is 8.35. The van der Waals surface area contributed by atoms with Crippen molar-refractivity contribution in [2.45, 2.75) is 50.3 Å². The fourth-order valence-corrected chi connectivity index (χ4v) is 8.78. The van der Waals surface area contributed by atoms with Gasteiger partial charge in [0, 0.05) is 19.6 Å². The quantitative estimate of drug-likeness (QED) is 0.362. The molecule has 1 aliphatic rings. The molecule has 3 heterocycles. The number of likely N-dealkylation sites (N-methyl/N-ethyl adjacent to an activating group) is 1. The Kier molecular flexibility index (Phi) is 8.50. The van der Waals surface area contributed by atoms with E-state index in [9.17, 15) is 13.2 Å². The zero-order valence-corrected chi connectivity index (χ0v) is 23.4. The monoisotopic (exact) mass is 554 g/mol. The lowest BCUT2D eigenvalue weighted by Crippen LogP contribution is -2.54. The van der Waals surface area contributed by atoms with E-state index in [1.807, 2.05) is 25.1 Å². The minimum Gasteiger partial charge on any atom is -0.302 e. The van der Waals surface area contributed by atoms with Gasteiger partial charge >= 0.3 is 0 Å². The molecule has 1 atom stereocenters. The Morgan fingerprint density at radius 1 is 1.14 bits per heavy atom. The zero-order chi connectivity index (χ0) is 25.2. The summed E-state index contributed by atoms with van der Waals surface area (Å²) in [6.45, 7) is 9.41. The van der Waals surface area contributed by atoms with Crippen LogP contribution in [0.1, 0.15) is 38.7 Å². The van der Waals surface area contributed by atoms with Crippen LogP contribution in [0.15, 0.2) is 34.5 Å². The molecule has 1 saturated heterocycles. The molecule has 0 bridgehead atoms. The van der Waals surface area contributed by atoms with E-state index in [-0.39, 0.29) is 10.1 Å². The summed E-state index contributed by atoms with van der Waals surface area (Å²) in [4.78, 5) is 22.9. The topological polar surface area (TPSA) is 73.8 Å². The average molecular weight is 555 g/mol. The van der Waals surface area contributed by atoms with E-state index in [0.717, 1.165) is 53.0 Å². The number of piperidine rings is 1. The predicted molar refractivity (Wildman–Crippen MR) is 145 cm³/mol. The van der Waals surface area contributed by atoms with E-state index < -0.39 is 16.1 Å². The largest absolute Gasteiger partial charge is 0.302 e. The zero-order valence-electron chi connectivity index (χ0n) is 20.2. The number of sulfonamides is 1. The number of nitrogens with zero attached hydrogens (tertiary/aromatic N) is 4. The molecule has 0 spiro atoms. The summed E-state index contributed by atoms with van der Waals surface area (Å²) in [6.07, 6.45) is 2.02. The number of rotatable bonds is 9. The van der Waals surface area contributed by atoms with Gasteiger partial charge in [0.15, 0.2) is 5.13 Å². The lowest BCUT2D eigenvalue weighted by Gasteiger charge is -2.36. The van der Waals surface area contributed by atoms with Gasteiger partial charge in [-0.3, -0.25) is 9.69 Å². The van der Waals surface area contributed by atoms with E-state index in [4.69, 9.17) is 16.6 Å². The molecule has 4 rings (SSSR count). The van der Waals surface area contributed by atoms with Crippen LogP contribution in [0, 0.1) is 6.92 Å². The summed E-state index contributed by atoms with van der Waals surface area (Å²) in [5, 5.41) is 0.619. The molecule has 3 aromatic rings. The van der Waals surface area contributed by atoms with Crippen LogP contribution in [0.4, 0.5) is 5.13 Å². The van der Waals surface area contributed by atoms with Gasteiger partial charge < -0.3 is 4.90 Å². The van der Waals surface area contributed by atoms with Crippen molar-refractivity contribution in [3.63, 3.8) is 0 Å². The van der Waals surface area contributed by atoms with Gasteiger partial charge in [-0.1, -0.05) is 55.3 Å². The number of hydrogen-bond donors (Lipinski definition) is 0. The molecule has 2 aromatic heterocycles. The third kappa shape index (κ3) is 5.57. The second kappa shape index (κ2) is 11.2. The normalized spacial score (nSPS) is 17.3. The smallest absolute Gasteiger partial charge is 0.253 e. The van der Waals surface area contributed by atoms with E-state index in [1.165, 1.54) is 21.7 Å². The van der Waals surface area contributed by atoms with Crippen molar-refractivity contribution in [2.75, 3.05) is 37.6 Å². The Hall–Kier alpha value is -1.56. The van der Waals surface area contributed by atoms with Crippen molar-refractivity contribution in [3.05, 3.63) is 40.2 Å². The van der Waals surface area contributed by atoms with Crippen molar-refractivity contribution < 1.29 is 13.2 Å². The Bertz CT molecular complexity index is 1290. The number of para-hydroxylation sites is 1. The fraction of sp³-hybridized carbons (Fsp3) is 0.500. The molecular weight excluding hydrogens is 524 g/mol. The highest BCUT2D eigenvalue weighted by atomic mass is 35.5. The number of thiophene rings is 1. The number of hydrogen-bond acceptors (Lipinski definition) is 7. The van der Waals surface area contributed by atoms with Crippen LogP contribution in [0.5, 0.6) is 0 Å². The number of fused-ring (bicyclic) bond motifs is 1. The van der Waals surface area contributed by atoms with Crippen LogP contribution in [0.25, 0.3) is 10.2 Å². The third-order valence-electron chi connectivity index (χ3n) is 6.49. The molecule has 0 radical (unpaired) electrons. The number of carbonyl (C=O) groups excluding carboxylic acids is 1. The summed E-state index contributed by atoms with van der Waals surface area (Å²) in [7, 11) is -3.83. The molecule has 0 aliphatic carbocycles. The Labute approximate surface area is 220 Å². The fourth-order valence-electron chi connectivity index (χ4n) is 4.44. The Balaban J connectivity index is 1.70. The number of thiazole rings is 1. The van der Waals surface area contributed by atoms with Gasteiger partial charge in [0.25, 0.3) is 10.0 Å². The molecule has 1 amide bonds. The first-order valence-corrected chi connectivity index (χ1v) is 15.4. The lowest BCUT2D eigenvalue weighted by molar-refractivity contribution is -0.123. The molecule has 1 fully saturated rings. The molecule has 190 valence electrons. The summed E-state index contributed by atoms with van der Waals surface area (Å²) < 4.78 is 30.0. The van der Waals surface area contributed by atoms with E-state index >= 15 is 0 Å². The van der Waals surface area contributed by atoms with Crippen molar-refractivity contribution in [1.29, 1.82) is 0 Å². The van der Waals surface area contributed by atoms with Crippen LogP contribution in [0.2, 0.25) is 4.34 Å². The Morgan fingerprint density at radius 3 is 2.57 bits per heavy atom. The predicted octanol–water partition coefficient (Wildman–Crippen LogP) is 5.24. The van der Waals surface area contributed by atoms with Crippen molar-refractivity contribution in [2.24, 2.45) is 0 Å². The van der Waals surface area contributed by atoms with Crippen molar-refractivity contribution in [1.82, 2.24) is 14.2 Å². The standard InChI is InChI=1S/C24H31ClN4O3S3/c1-4-27(5-2)15-16-28(24-26-22-17(3)9-8-11-19(22)33-24)23(30)18-10-6-7-14-29(18)35(31,32)21-13-12-20(25)34-21/h8-9,11-13,18H,4-7,10,14-16H2,1-3H3. The molecule has 1 aliphatic heterocycles. The second-order valence-corrected chi connectivity index (χ2v) is 13.5. The van der Waals surface area contributed by atoms with Gasteiger partial charge in [-0.15, -0.1) is 11.3 Å². The minimum absolute atomic E-state index is 0.174. The van der Waals surface area contributed by atoms with Crippen LogP contribution < -0.4 is 4.90 Å². The molecule has 11 heteroatoms. The maximum Gasteiger partial charge on any atom is 0.253 e. The number of anilines is 1. The van der Waals surface area contributed by atoms with E-state index in [0.29, 0.717) is 35.5 Å². The third-order valence-corrected chi connectivity index (χ3v) is 11.1. The number of carbonyl (C=O) groups is 1. The van der Waals surface area contributed by atoms with Gasteiger partial charge in [-0.25, -0.2) is 13.4 Å². The number of benzene rings is 1. The first-order chi connectivity index (χ1) is 16.8. The molecule has 1 unspecified atom stereocenters. The highest BCUT2D eigenvalue weighted by Crippen LogP contribution is 2.35. The molecular formula is C24H31ClN4O3S3.